The predicted molar refractivity (Wildman–Crippen MR) is 144 cm³/mol. The van der Waals surface area contributed by atoms with Crippen molar-refractivity contribution in [3.8, 4) is 11.1 Å². The molecule has 0 aliphatic carbocycles. The number of methoxy groups -OCH3 is 1. The number of nitrogens with zero attached hydrogens (tertiary/aromatic N) is 2. The molecule has 0 saturated carbocycles. The van der Waals surface area contributed by atoms with Gasteiger partial charge in [-0.25, -0.2) is 30.4 Å². The zero-order valence-electron chi connectivity index (χ0n) is 22.9. The Hall–Kier alpha value is -2.86. The van der Waals surface area contributed by atoms with Gasteiger partial charge in [-0.1, -0.05) is 42.5 Å². The van der Waals surface area contributed by atoms with Crippen molar-refractivity contribution in [2.24, 2.45) is 0 Å². The van der Waals surface area contributed by atoms with E-state index in [-0.39, 0.29) is 25.0 Å². The van der Waals surface area contributed by atoms with E-state index >= 15 is 0 Å². The lowest BCUT2D eigenvalue weighted by molar-refractivity contribution is -0.0635. The van der Waals surface area contributed by atoms with Gasteiger partial charge in [0.15, 0.2) is 28.2 Å². The van der Waals surface area contributed by atoms with Crippen molar-refractivity contribution in [3.05, 3.63) is 88.2 Å². The van der Waals surface area contributed by atoms with Crippen LogP contribution in [0.3, 0.4) is 0 Å². The summed E-state index contributed by atoms with van der Waals surface area (Å²) >= 11 is 0. The second-order valence-corrected chi connectivity index (χ2v) is 12.6. The SMILES string of the molecule is COC[C@@H]1[C@@H](c2ccc(-c3cccc(C)c3C)cc2)[C@@H]2CN(S(=O)(=O)c3c(F)c(F)c(F)c(F)c3F)CCCCN12. The van der Waals surface area contributed by atoms with Crippen LogP contribution in [0.15, 0.2) is 47.4 Å². The summed E-state index contributed by atoms with van der Waals surface area (Å²) in [6, 6.07) is 13.6. The Kier molecular flexibility index (Phi) is 8.26. The van der Waals surface area contributed by atoms with Crippen LogP contribution in [0.4, 0.5) is 22.0 Å². The second-order valence-electron chi connectivity index (χ2n) is 10.7. The van der Waals surface area contributed by atoms with Gasteiger partial charge in [-0.15, -0.1) is 0 Å². The van der Waals surface area contributed by atoms with Gasteiger partial charge in [-0.2, -0.15) is 4.31 Å². The molecule has 220 valence electrons. The van der Waals surface area contributed by atoms with Crippen LogP contribution in [-0.2, 0) is 14.8 Å². The van der Waals surface area contributed by atoms with E-state index in [2.05, 4.69) is 11.8 Å². The number of ether oxygens (including phenoxy) is 1. The van der Waals surface area contributed by atoms with Gasteiger partial charge in [0, 0.05) is 38.2 Å². The van der Waals surface area contributed by atoms with E-state index in [1.807, 2.05) is 49.4 Å². The molecule has 2 saturated heterocycles. The number of hydrogen-bond acceptors (Lipinski definition) is 4. The number of rotatable bonds is 6. The van der Waals surface area contributed by atoms with E-state index in [0.29, 0.717) is 26.0 Å². The fourth-order valence-corrected chi connectivity index (χ4v) is 7.78. The summed E-state index contributed by atoms with van der Waals surface area (Å²) in [4.78, 5) is 0.288. The lowest BCUT2D eigenvalue weighted by Crippen LogP contribution is -2.68. The third kappa shape index (κ3) is 5.07. The smallest absolute Gasteiger partial charge is 0.249 e. The van der Waals surface area contributed by atoms with E-state index in [0.717, 1.165) is 21.0 Å². The Labute approximate surface area is 236 Å². The maximum absolute atomic E-state index is 14.6. The van der Waals surface area contributed by atoms with Crippen molar-refractivity contribution in [1.29, 1.82) is 0 Å². The summed E-state index contributed by atoms with van der Waals surface area (Å²) in [5, 5.41) is 0. The van der Waals surface area contributed by atoms with Crippen LogP contribution in [-0.4, -0.2) is 63.1 Å². The third-order valence-corrected chi connectivity index (χ3v) is 10.3. The summed E-state index contributed by atoms with van der Waals surface area (Å²) in [6.07, 6.45) is 0.935. The molecule has 3 atom stereocenters. The highest BCUT2D eigenvalue weighted by atomic mass is 32.2. The first-order chi connectivity index (χ1) is 19.5. The minimum atomic E-state index is -5.06. The van der Waals surface area contributed by atoms with E-state index in [9.17, 15) is 30.4 Å². The molecule has 2 aliphatic rings. The highest BCUT2D eigenvalue weighted by Gasteiger charge is 2.51. The summed E-state index contributed by atoms with van der Waals surface area (Å²) in [7, 11) is -3.47. The molecule has 3 aromatic carbocycles. The topological polar surface area (TPSA) is 49.9 Å². The zero-order valence-corrected chi connectivity index (χ0v) is 23.7. The predicted octanol–water partition coefficient (Wildman–Crippen LogP) is 5.93. The summed E-state index contributed by atoms with van der Waals surface area (Å²) in [5.74, 6) is -11.9. The largest absolute Gasteiger partial charge is 0.383 e. The van der Waals surface area contributed by atoms with Crippen LogP contribution < -0.4 is 0 Å². The van der Waals surface area contributed by atoms with Crippen molar-refractivity contribution >= 4 is 10.0 Å². The van der Waals surface area contributed by atoms with Crippen molar-refractivity contribution < 1.29 is 35.1 Å². The summed E-state index contributed by atoms with van der Waals surface area (Å²) in [6.45, 7) is 4.86. The van der Waals surface area contributed by atoms with E-state index < -0.39 is 50.0 Å². The number of hydrogen-bond donors (Lipinski definition) is 0. The number of sulfonamides is 1. The Balaban J connectivity index is 1.50. The molecule has 5 rings (SSSR count). The van der Waals surface area contributed by atoms with E-state index in [1.165, 1.54) is 11.1 Å². The number of halogens is 5. The standard InChI is InChI=1S/C30H31F5N2O3S/c1-17-7-6-8-21(18(17)2)19-9-11-20(12-10-19)24-22-15-36(13-4-5-14-37(22)23(24)16-40-3)41(38,39)30-28(34)26(32)25(31)27(33)29(30)35/h6-12,22-24H,4-5,13-16H2,1-3H3/t22-,23+,24-/m0/s1. The maximum atomic E-state index is 14.6. The van der Waals surface area contributed by atoms with Gasteiger partial charge in [0.25, 0.3) is 0 Å². The molecule has 0 amide bonds. The molecule has 0 radical (unpaired) electrons. The van der Waals surface area contributed by atoms with Gasteiger partial charge in [0.1, 0.15) is 0 Å². The average Bonchev–Trinajstić information content (AvgIpc) is 2.93. The van der Waals surface area contributed by atoms with Crippen LogP contribution in [0.25, 0.3) is 11.1 Å². The Morgan fingerprint density at radius 1 is 0.854 bits per heavy atom. The first-order valence-corrected chi connectivity index (χ1v) is 14.9. The van der Waals surface area contributed by atoms with Crippen molar-refractivity contribution in [2.45, 2.75) is 49.6 Å². The first kappa shape index (κ1) is 29.6. The van der Waals surface area contributed by atoms with Crippen LogP contribution >= 0.6 is 0 Å². The van der Waals surface area contributed by atoms with Crippen LogP contribution in [0.1, 0.15) is 35.4 Å². The summed E-state index contributed by atoms with van der Waals surface area (Å²) in [5.41, 5.74) is 5.41. The molecule has 0 aromatic heterocycles. The molecule has 5 nitrogen and oxygen atoms in total. The second kappa shape index (κ2) is 11.4. The Morgan fingerprint density at radius 2 is 1.46 bits per heavy atom. The summed E-state index contributed by atoms with van der Waals surface area (Å²) < 4.78 is 104. The molecule has 2 fully saturated rings. The van der Waals surface area contributed by atoms with Gasteiger partial charge in [-0.3, -0.25) is 4.90 Å². The molecular formula is C30H31F5N2O3S. The minimum Gasteiger partial charge on any atom is -0.383 e. The van der Waals surface area contributed by atoms with Gasteiger partial charge in [0.05, 0.1) is 6.61 Å². The third-order valence-electron chi connectivity index (χ3n) is 8.46. The molecule has 41 heavy (non-hydrogen) atoms. The average molecular weight is 595 g/mol. The minimum absolute atomic E-state index is 0.0756. The lowest BCUT2D eigenvalue weighted by Gasteiger charge is -2.57. The normalized spacial score (nSPS) is 22.1. The molecule has 11 heteroatoms. The highest BCUT2D eigenvalue weighted by Crippen LogP contribution is 2.44. The maximum Gasteiger partial charge on any atom is 0.249 e. The fraction of sp³-hybridized carbons (Fsp3) is 0.400. The number of aryl methyl sites for hydroxylation is 1. The fourth-order valence-electron chi connectivity index (χ4n) is 6.17. The Morgan fingerprint density at radius 3 is 2.10 bits per heavy atom. The highest BCUT2D eigenvalue weighted by molar-refractivity contribution is 7.89. The van der Waals surface area contributed by atoms with Gasteiger partial charge in [0.2, 0.25) is 15.8 Å². The lowest BCUT2D eigenvalue weighted by atomic mass is 9.74. The van der Waals surface area contributed by atoms with Crippen molar-refractivity contribution in [3.63, 3.8) is 0 Å². The molecule has 2 aliphatic heterocycles. The molecule has 0 N–H and O–H groups in total. The molecule has 2 heterocycles. The molecule has 3 aromatic rings. The van der Waals surface area contributed by atoms with E-state index in [4.69, 9.17) is 4.74 Å². The van der Waals surface area contributed by atoms with Crippen LogP contribution in [0, 0.1) is 42.9 Å². The zero-order chi connectivity index (χ0) is 29.6. The van der Waals surface area contributed by atoms with Gasteiger partial charge < -0.3 is 4.74 Å². The van der Waals surface area contributed by atoms with Gasteiger partial charge >= 0.3 is 0 Å². The molecular weight excluding hydrogens is 563 g/mol. The van der Waals surface area contributed by atoms with Crippen LogP contribution in [0.2, 0.25) is 0 Å². The van der Waals surface area contributed by atoms with Crippen molar-refractivity contribution in [2.75, 3.05) is 33.4 Å². The molecule has 0 spiro atoms. The number of benzene rings is 3. The quantitative estimate of drug-likeness (QED) is 0.202. The Bertz CT molecular complexity index is 1540. The molecule has 0 unspecified atom stereocenters. The first-order valence-electron chi connectivity index (χ1n) is 13.4. The number of fused-ring (bicyclic) bond motifs is 1. The molecule has 0 bridgehead atoms. The monoisotopic (exact) mass is 594 g/mol. The van der Waals surface area contributed by atoms with Crippen LogP contribution in [0.5, 0.6) is 0 Å². The van der Waals surface area contributed by atoms with E-state index in [1.54, 1.807) is 7.11 Å². The van der Waals surface area contributed by atoms with Gasteiger partial charge in [-0.05, 0) is 61.1 Å². The van der Waals surface area contributed by atoms with Crippen molar-refractivity contribution in [1.82, 2.24) is 9.21 Å².